The Morgan fingerprint density at radius 2 is 1.94 bits per heavy atom. The molecule has 1 amide bonds. The number of carbonyl (C=O) groups excluding carboxylic acids is 1. The maximum atomic E-state index is 11.5. The van der Waals surface area contributed by atoms with Crippen molar-refractivity contribution in [3.05, 3.63) is 29.8 Å². The summed E-state index contributed by atoms with van der Waals surface area (Å²) >= 11 is 0. The highest BCUT2D eigenvalue weighted by atomic mass is 16.4. The molecule has 0 saturated heterocycles. The van der Waals surface area contributed by atoms with Crippen molar-refractivity contribution >= 4 is 17.6 Å². The van der Waals surface area contributed by atoms with Gasteiger partial charge in [-0.05, 0) is 24.1 Å². The predicted octanol–water partition coefficient (Wildman–Crippen LogP) is 0.989. The molecular weight excluding hydrogens is 220 g/mol. The third kappa shape index (κ3) is 4.24. The Hall–Kier alpha value is -1.88. The molecule has 1 aromatic carbocycles. The average Bonchev–Trinajstić information content (AvgIpc) is 2.29. The van der Waals surface area contributed by atoms with Crippen LogP contribution in [0.4, 0.5) is 5.69 Å². The van der Waals surface area contributed by atoms with Crippen molar-refractivity contribution in [3.8, 4) is 0 Å². The van der Waals surface area contributed by atoms with E-state index in [1.165, 1.54) is 0 Å². The van der Waals surface area contributed by atoms with Crippen LogP contribution in [0.5, 0.6) is 0 Å². The van der Waals surface area contributed by atoms with E-state index in [0.717, 1.165) is 12.0 Å². The second-order valence-corrected chi connectivity index (χ2v) is 3.74. The second kappa shape index (κ2) is 6.00. The standard InChI is InChI=1S/C12H16N2O3/c1-2-8-3-5-9(6-4-8)14-12(17)10(13)7-11(15)16/h3-6,10H,2,7,13H2,1H3,(H,14,17)(H,15,16)/t10-/m0/s1. The van der Waals surface area contributed by atoms with Crippen LogP contribution < -0.4 is 11.1 Å². The van der Waals surface area contributed by atoms with Crippen LogP contribution in [0.1, 0.15) is 18.9 Å². The fraction of sp³-hybridized carbons (Fsp3) is 0.333. The molecule has 0 spiro atoms. The quantitative estimate of drug-likeness (QED) is 0.710. The zero-order chi connectivity index (χ0) is 12.8. The molecule has 0 radical (unpaired) electrons. The molecule has 0 aromatic heterocycles. The summed E-state index contributed by atoms with van der Waals surface area (Å²) in [4.78, 5) is 21.9. The van der Waals surface area contributed by atoms with E-state index in [1.54, 1.807) is 12.1 Å². The Bertz CT molecular complexity index is 401. The molecule has 0 aliphatic rings. The molecule has 17 heavy (non-hydrogen) atoms. The molecule has 0 bridgehead atoms. The van der Waals surface area contributed by atoms with E-state index >= 15 is 0 Å². The van der Waals surface area contributed by atoms with Gasteiger partial charge in [-0.15, -0.1) is 0 Å². The van der Waals surface area contributed by atoms with Crippen LogP contribution in [0.25, 0.3) is 0 Å². The second-order valence-electron chi connectivity index (χ2n) is 3.74. The first-order valence-corrected chi connectivity index (χ1v) is 5.40. The lowest BCUT2D eigenvalue weighted by molar-refractivity contribution is -0.138. The Morgan fingerprint density at radius 3 is 2.41 bits per heavy atom. The molecule has 1 atom stereocenters. The predicted molar refractivity (Wildman–Crippen MR) is 64.7 cm³/mol. The van der Waals surface area contributed by atoms with Crippen LogP contribution in [0.3, 0.4) is 0 Å². The molecule has 0 fully saturated rings. The zero-order valence-corrected chi connectivity index (χ0v) is 9.64. The number of carbonyl (C=O) groups is 2. The number of nitrogens with two attached hydrogens (primary N) is 1. The molecule has 5 heteroatoms. The van der Waals surface area contributed by atoms with E-state index < -0.39 is 17.9 Å². The van der Waals surface area contributed by atoms with Gasteiger partial charge in [-0.2, -0.15) is 0 Å². The number of aryl methyl sites for hydroxylation is 1. The lowest BCUT2D eigenvalue weighted by atomic mass is 10.1. The molecular formula is C12H16N2O3. The van der Waals surface area contributed by atoms with Gasteiger partial charge in [-0.3, -0.25) is 9.59 Å². The van der Waals surface area contributed by atoms with Gasteiger partial charge in [0.25, 0.3) is 0 Å². The monoisotopic (exact) mass is 236 g/mol. The normalized spacial score (nSPS) is 11.9. The van der Waals surface area contributed by atoms with Crippen molar-refractivity contribution in [2.45, 2.75) is 25.8 Å². The average molecular weight is 236 g/mol. The van der Waals surface area contributed by atoms with Gasteiger partial charge < -0.3 is 16.2 Å². The molecule has 4 N–H and O–H groups in total. The summed E-state index contributed by atoms with van der Waals surface area (Å²) < 4.78 is 0. The first-order valence-electron chi connectivity index (χ1n) is 5.40. The van der Waals surface area contributed by atoms with Crippen molar-refractivity contribution in [2.75, 3.05) is 5.32 Å². The number of nitrogens with one attached hydrogen (secondary N) is 1. The Kier molecular flexibility index (Phi) is 4.66. The van der Waals surface area contributed by atoms with E-state index in [4.69, 9.17) is 10.8 Å². The molecule has 1 aromatic rings. The summed E-state index contributed by atoms with van der Waals surface area (Å²) in [6.07, 6.45) is 0.547. The van der Waals surface area contributed by atoms with Crippen LogP contribution in [0, 0.1) is 0 Å². The fourth-order valence-electron chi connectivity index (χ4n) is 1.34. The summed E-state index contributed by atoms with van der Waals surface area (Å²) in [7, 11) is 0. The van der Waals surface area contributed by atoms with Crippen LogP contribution in [-0.4, -0.2) is 23.0 Å². The first-order chi connectivity index (χ1) is 8.02. The molecule has 0 saturated carbocycles. The van der Waals surface area contributed by atoms with E-state index in [-0.39, 0.29) is 6.42 Å². The number of amides is 1. The van der Waals surface area contributed by atoms with Crippen molar-refractivity contribution in [2.24, 2.45) is 5.73 Å². The molecule has 0 aliphatic carbocycles. The van der Waals surface area contributed by atoms with Gasteiger partial charge in [0.15, 0.2) is 0 Å². The molecule has 1 rings (SSSR count). The third-order valence-electron chi connectivity index (χ3n) is 2.36. The Labute approximate surface area is 99.6 Å². The Balaban J connectivity index is 2.58. The van der Waals surface area contributed by atoms with Crippen LogP contribution in [-0.2, 0) is 16.0 Å². The number of carboxylic acid groups (broad SMARTS) is 1. The number of hydrogen-bond donors (Lipinski definition) is 3. The third-order valence-corrected chi connectivity index (χ3v) is 2.36. The van der Waals surface area contributed by atoms with Crippen LogP contribution in [0.2, 0.25) is 0 Å². The Morgan fingerprint density at radius 1 is 1.35 bits per heavy atom. The van der Waals surface area contributed by atoms with Crippen molar-refractivity contribution in [1.29, 1.82) is 0 Å². The minimum Gasteiger partial charge on any atom is -0.481 e. The minimum absolute atomic E-state index is 0.376. The van der Waals surface area contributed by atoms with E-state index in [9.17, 15) is 9.59 Å². The fourth-order valence-corrected chi connectivity index (χ4v) is 1.34. The molecule has 5 nitrogen and oxygen atoms in total. The van der Waals surface area contributed by atoms with Gasteiger partial charge in [0.05, 0.1) is 12.5 Å². The number of aliphatic carboxylic acids is 1. The van der Waals surface area contributed by atoms with E-state index in [1.807, 2.05) is 19.1 Å². The van der Waals surface area contributed by atoms with Gasteiger partial charge in [0.1, 0.15) is 0 Å². The zero-order valence-electron chi connectivity index (χ0n) is 9.64. The van der Waals surface area contributed by atoms with E-state index in [2.05, 4.69) is 5.32 Å². The number of carboxylic acids is 1. The SMILES string of the molecule is CCc1ccc(NC(=O)[C@@H](N)CC(=O)O)cc1. The molecule has 0 heterocycles. The van der Waals surface area contributed by atoms with Crippen molar-refractivity contribution in [3.63, 3.8) is 0 Å². The number of rotatable bonds is 5. The van der Waals surface area contributed by atoms with Crippen molar-refractivity contribution < 1.29 is 14.7 Å². The molecule has 0 aliphatic heterocycles. The number of anilines is 1. The lowest BCUT2D eigenvalue weighted by Crippen LogP contribution is -2.37. The van der Waals surface area contributed by atoms with E-state index in [0.29, 0.717) is 5.69 Å². The molecule has 92 valence electrons. The maximum Gasteiger partial charge on any atom is 0.305 e. The summed E-state index contributed by atoms with van der Waals surface area (Å²) in [6, 6.07) is 6.31. The summed E-state index contributed by atoms with van der Waals surface area (Å²) in [5.41, 5.74) is 7.21. The topological polar surface area (TPSA) is 92.4 Å². The highest BCUT2D eigenvalue weighted by molar-refractivity contribution is 5.96. The first kappa shape index (κ1) is 13.2. The van der Waals surface area contributed by atoms with Crippen LogP contribution in [0.15, 0.2) is 24.3 Å². The van der Waals surface area contributed by atoms with Gasteiger partial charge >= 0.3 is 5.97 Å². The minimum atomic E-state index is -1.09. The lowest BCUT2D eigenvalue weighted by Gasteiger charge is -2.10. The largest absolute Gasteiger partial charge is 0.481 e. The van der Waals surface area contributed by atoms with Gasteiger partial charge in [0, 0.05) is 5.69 Å². The van der Waals surface area contributed by atoms with Crippen LogP contribution >= 0.6 is 0 Å². The number of hydrogen-bond acceptors (Lipinski definition) is 3. The summed E-state index contributed by atoms with van der Waals surface area (Å²) in [5.74, 6) is -1.58. The van der Waals surface area contributed by atoms with Gasteiger partial charge in [-0.1, -0.05) is 19.1 Å². The summed E-state index contributed by atoms with van der Waals surface area (Å²) in [5, 5.41) is 11.1. The van der Waals surface area contributed by atoms with Gasteiger partial charge in [-0.25, -0.2) is 0 Å². The molecule has 0 unspecified atom stereocenters. The maximum absolute atomic E-state index is 11.5. The summed E-state index contributed by atoms with van der Waals surface area (Å²) in [6.45, 7) is 2.04. The smallest absolute Gasteiger partial charge is 0.305 e. The van der Waals surface area contributed by atoms with Crippen molar-refractivity contribution in [1.82, 2.24) is 0 Å². The highest BCUT2D eigenvalue weighted by Gasteiger charge is 2.16. The number of benzene rings is 1. The highest BCUT2D eigenvalue weighted by Crippen LogP contribution is 2.10. The van der Waals surface area contributed by atoms with Gasteiger partial charge in [0.2, 0.25) is 5.91 Å².